The fourth-order valence-electron chi connectivity index (χ4n) is 1.66. The van der Waals surface area contributed by atoms with Crippen molar-refractivity contribution in [2.45, 2.75) is 24.5 Å². The Bertz CT molecular complexity index is 456. The smallest absolute Gasteiger partial charge is 0.390 e. The fraction of sp³-hybridized carbons (Fsp3) is 0.625. The Kier molecular flexibility index (Phi) is 2.71. The maximum Gasteiger partial charge on any atom is 0.436 e. The lowest BCUT2D eigenvalue weighted by Crippen LogP contribution is -2.32. The van der Waals surface area contributed by atoms with Crippen molar-refractivity contribution < 1.29 is 25.6 Å². The number of nitrogens with zero attached hydrogens (tertiary/aromatic N) is 3. The van der Waals surface area contributed by atoms with Crippen molar-refractivity contribution in [3.63, 3.8) is 0 Å². The molecule has 8 nitrogen and oxygen atoms in total. The third-order valence-corrected chi connectivity index (χ3v) is 2.49. The molecule has 1 fully saturated rings. The minimum atomic E-state index is -2.26. The van der Waals surface area contributed by atoms with Crippen LogP contribution in [0.3, 0.4) is 0 Å². The van der Waals surface area contributed by atoms with E-state index in [9.17, 15) is 24.7 Å². The third-order valence-electron chi connectivity index (χ3n) is 2.49. The Balaban J connectivity index is 2.29. The molecule has 5 atom stereocenters. The summed E-state index contributed by atoms with van der Waals surface area (Å²) in [6, 6.07) is 0. The molecule has 1 aliphatic heterocycles. The SMILES string of the molecule is [3H]C(F)[C@H]1O[C@H](n2ccnc2[N+](=O)[O-])[C@@H](O)[C@@H]1O. The van der Waals surface area contributed by atoms with Gasteiger partial charge in [-0.1, -0.05) is 4.98 Å². The summed E-state index contributed by atoms with van der Waals surface area (Å²) in [6.07, 6.45) is -3.85. The molecule has 2 heterocycles. The number of aromatic nitrogens is 2. The zero-order chi connectivity index (χ0) is 13.4. The first-order valence-corrected chi connectivity index (χ1v) is 4.68. The lowest BCUT2D eigenvalue weighted by molar-refractivity contribution is -0.398. The highest BCUT2D eigenvalue weighted by Crippen LogP contribution is 2.31. The lowest BCUT2D eigenvalue weighted by atomic mass is 10.1. The van der Waals surface area contributed by atoms with Gasteiger partial charge in [-0.2, -0.15) is 4.57 Å². The van der Waals surface area contributed by atoms with Gasteiger partial charge in [-0.05, 0) is 4.92 Å². The summed E-state index contributed by atoms with van der Waals surface area (Å²) in [4.78, 5) is 13.3. The molecule has 9 heteroatoms. The average Bonchev–Trinajstić information content (AvgIpc) is 2.86. The molecule has 94 valence electrons. The lowest BCUT2D eigenvalue weighted by Gasteiger charge is -2.13. The molecule has 0 bridgehead atoms. The Morgan fingerprint density at radius 3 is 2.94 bits per heavy atom. The topological polar surface area (TPSA) is 111 Å². The number of alkyl halides is 1. The number of rotatable bonds is 3. The zero-order valence-electron chi connectivity index (χ0n) is 9.38. The predicted octanol–water partition coefficient (Wildman–Crippen LogP) is -0.620. The fourth-order valence-corrected chi connectivity index (χ4v) is 1.66. The van der Waals surface area contributed by atoms with Crippen molar-refractivity contribution in [2.75, 3.05) is 6.65 Å². The van der Waals surface area contributed by atoms with E-state index < -0.39 is 42.1 Å². The average molecular weight is 249 g/mol. The third kappa shape index (κ3) is 1.88. The molecule has 0 amide bonds. The molecule has 1 saturated heterocycles. The van der Waals surface area contributed by atoms with Crippen LogP contribution in [-0.4, -0.2) is 49.6 Å². The molecule has 0 aliphatic carbocycles. The second kappa shape index (κ2) is 4.35. The number of aliphatic hydroxyl groups excluding tert-OH is 2. The van der Waals surface area contributed by atoms with E-state index in [0.717, 1.165) is 17.0 Å². The van der Waals surface area contributed by atoms with Gasteiger partial charge in [0.2, 0.25) is 6.23 Å². The Labute approximate surface area is 95.8 Å². The number of hydrogen-bond acceptors (Lipinski definition) is 6. The van der Waals surface area contributed by atoms with Gasteiger partial charge in [-0.25, -0.2) is 4.39 Å². The summed E-state index contributed by atoms with van der Waals surface area (Å²) in [7, 11) is 0. The summed E-state index contributed by atoms with van der Waals surface area (Å²) in [5.41, 5.74) is 0. The summed E-state index contributed by atoms with van der Waals surface area (Å²) in [5.74, 6) is -0.604. The number of ether oxygens (including phenoxy) is 1. The highest BCUT2D eigenvalue weighted by atomic mass is 19.1. The molecular formula is C8H10FN3O5. The summed E-state index contributed by atoms with van der Waals surface area (Å²) in [5, 5.41) is 29.8. The quantitative estimate of drug-likeness (QED) is 0.545. The van der Waals surface area contributed by atoms with Gasteiger partial charge in [0.05, 0.1) is 1.37 Å². The first-order chi connectivity index (χ1) is 8.43. The Hall–Kier alpha value is -1.58. The van der Waals surface area contributed by atoms with Crippen molar-refractivity contribution in [1.82, 2.24) is 9.55 Å². The first-order valence-electron chi connectivity index (χ1n) is 5.26. The Morgan fingerprint density at radius 2 is 2.41 bits per heavy atom. The van der Waals surface area contributed by atoms with Crippen LogP contribution in [0.25, 0.3) is 0 Å². The molecule has 1 aromatic rings. The van der Waals surface area contributed by atoms with Gasteiger partial charge in [0.1, 0.15) is 37.4 Å². The van der Waals surface area contributed by atoms with Gasteiger partial charge in [-0.3, -0.25) is 0 Å². The minimum absolute atomic E-state index is 0.604. The van der Waals surface area contributed by atoms with Crippen molar-refractivity contribution in [3.8, 4) is 0 Å². The summed E-state index contributed by atoms with van der Waals surface area (Å²) in [6.45, 7) is -2.26. The van der Waals surface area contributed by atoms with Crippen LogP contribution < -0.4 is 0 Å². The maximum absolute atomic E-state index is 12.8. The number of imidazole rings is 1. The van der Waals surface area contributed by atoms with Crippen LogP contribution >= 0.6 is 0 Å². The monoisotopic (exact) mass is 249 g/mol. The minimum Gasteiger partial charge on any atom is -0.390 e. The van der Waals surface area contributed by atoms with Crippen LogP contribution in [-0.2, 0) is 4.74 Å². The van der Waals surface area contributed by atoms with Gasteiger partial charge in [0, 0.05) is 0 Å². The van der Waals surface area contributed by atoms with Crippen LogP contribution in [0.1, 0.15) is 7.60 Å². The van der Waals surface area contributed by atoms with Crippen molar-refractivity contribution in [2.24, 2.45) is 0 Å². The highest BCUT2D eigenvalue weighted by molar-refractivity contribution is 5.09. The van der Waals surface area contributed by atoms with Crippen molar-refractivity contribution >= 4 is 5.95 Å². The summed E-state index contributed by atoms with van der Waals surface area (Å²) >= 11 is 0. The second-order valence-corrected chi connectivity index (χ2v) is 3.49. The predicted molar refractivity (Wildman–Crippen MR) is 50.8 cm³/mol. The standard InChI is InChI=1S/C8H10FN3O5/c9-3-4-5(13)6(14)7(17-4)11-2-1-10-8(11)12(15)16/h1-2,4-7,13-14H,3H2/t4-,5-,6+,7+/m1/s1/i3T/t3?,4-,5-,6+,7+. The van der Waals surface area contributed by atoms with Crippen LogP contribution in [0, 0.1) is 10.1 Å². The van der Waals surface area contributed by atoms with Gasteiger partial charge in [0.25, 0.3) is 0 Å². The van der Waals surface area contributed by atoms with E-state index in [1.165, 1.54) is 0 Å². The van der Waals surface area contributed by atoms with Crippen molar-refractivity contribution in [3.05, 3.63) is 22.5 Å². The zero-order valence-corrected chi connectivity index (χ0v) is 8.38. The number of aliphatic hydroxyl groups is 2. The largest absolute Gasteiger partial charge is 0.436 e. The molecule has 1 unspecified atom stereocenters. The highest BCUT2D eigenvalue weighted by Gasteiger charge is 2.46. The van der Waals surface area contributed by atoms with Crippen LogP contribution in [0.15, 0.2) is 12.4 Å². The normalized spacial score (nSPS) is 35.6. The van der Waals surface area contributed by atoms with E-state index >= 15 is 0 Å². The molecular weight excluding hydrogens is 237 g/mol. The molecule has 1 aromatic heterocycles. The summed E-state index contributed by atoms with van der Waals surface area (Å²) < 4.78 is 25.5. The van der Waals surface area contributed by atoms with E-state index in [1.54, 1.807) is 0 Å². The van der Waals surface area contributed by atoms with E-state index in [1.807, 2.05) is 0 Å². The molecule has 1 aliphatic rings. The number of halogens is 1. The molecule has 2 rings (SSSR count). The van der Waals surface area contributed by atoms with Crippen LogP contribution in [0.2, 0.25) is 0 Å². The van der Waals surface area contributed by atoms with E-state index in [2.05, 4.69) is 4.98 Å². The van der Waals surface area contributed by atoms with Gasteiger partial charge >= 0.3 is 5.95 Å². The van der Waals surface area contributed by atoms with E-state index in [4.69, 9.17) is 6.11 Å². The number of nitro groups is 1. The second-order valence-electron chi connectivity index (χ2n) is 3.49. The maximum atomic E-state index is 12.8. The van der Waals surface area contributed by atoms with Gasteiger partial charge in [-0.15, -0.1) is 0 Å². The molecule has 0 spiro atoms. The molecule has 17 heavy (non-hydrogen) atoms. The van der Waals surface area contributed by atoms with Crippen molar-refractivity contribution in [1.29, 1.82) is 0 Å². The van der Waals surface area contributed by atoms with Gasteiger partial charge < -0.3 is 25.1 Å². The Morgan fingerprint density at radius 1 is 1.71 bits per heavy atom. The molecule has 0 saturated carbocycles. The van der Waals surface area contributed by atoms with Crippen LogP contribution in [0.5, 0.6) is 0 Å². The first kappa shape index (κ1) is 10.6. The van der Waals surface area contributed by atoms with Gasteiger partial charge in [0.15, 0.2) is 0 Å². The number of hydrogen-bond donors (Lipinski definition) is 2. The molecule has 2 N–H and O–H groups in total. The van der Waals surface area contributed by atoms with E-state index in [0.29, 0.717) is 0 Å². The van der Waals surface area contributed by atoms with Crippen LogP contribution in [0.4, 0.5) is 10.3 Å². The molecule has 0 aromatic carbocycles. The molecule has 0 radical (unpaired) electrons. The van der Waals surface area contributed by atoms with E-state index in [-0.39, 0.29) is 0 Å².